The van der Waals surface area contributed by atoms with Crippen LogP contribution in [0, 0.1) is 5.41 Å². The Hall–Kier alpha value is -1.31. The number of Topliss-reactive ketones (excluding diaryl/α,β-unsaturated/α-hetero) is 1. The molecule has 2 nitrogen and oxygen atoms in total. The highest BCUT2D eigenvalue weighted by Crippen LogP contribution is 2.26. The summed E-state index contributed by atoms with van der Waals surface area (Å²) in [5, 5.41) is 0. The molecule has 1 aromatic carbocycles. The Balaban J connectivity index is 2.93. The molecule has 1 aromatic rings. The monoisotopic (exact) mass is 220 g/mol. The van der Waals surface area contributed by atoms with Crippen molar-refractivity contribution in [1.29, 1.82) is 0 Å². The second-order valence-electron chi connectivity index (χ2n) is 5.18. The van der Waals surface area contributed by atoms with Crippen molar-refractivity contribution in [3.05, 3.63) is 29.8 Å². The van der Waals surface area contributed by atoms with Gasteiger partial charge in [-0.2, -0.15) is 0 Å². The molecule has 1 atom stereocenters. The van der Waals surface area contributed by atoms with Crippen molar-refractivity contribution >= 4 is 5.78 Å². The van der Waals surface area contributed by atoms with Gasteiger partial charge in [0, 0.05) is 0 Å². The summed E-state index contributed by atoms with van der Waals surface area (Å²) >= 11 is 0. The van der Waals surface area contributed by atoms with Crippen LogP contribution in [0.2, 0.25) is 0 Å². The highest BCUT2D eigenvalue weighted by atomic mass is 16.5. The zero-order valence-corrected chi connectivity index (χ0v) is 10.7. The van der Waals surface area contributed by atoms with E-state index in [4.69, 9.17) is 4.74 Å². The van der Waals surface area contributed by atoms with E-state index in [9.17, 15) is 4.79 Å². The average Bonchev–Trinajstić information content (AvgIpc) is 2.16. The summed E-state index contributed by atoms with van der Waals surface area (Å²) in [6, 6.07) is 7.38. The Morgan fingerprint density at radius 2 is 1.81 bits per heavy atom. The molecular weight excluding hydrogens is 200 g/mol. The van der Waals surface area contributed by atoms with Crippen LogP contribution in [0.25, 0.3) is 0 Å². The van der Waals surface area contributed by atoms with Gasteiger partial charge in [0.15, 0.2) is 5.78 Å². The minimum atomic E-state index is 0.0386. The first-order valence-corrected chi connectivity index (χ1v) is 5.59. The molecule has 0 fully saturated rings. The second-order valence-corrected chi connectivity index (χ2v) is 5.18. The first-order valence-electron chi connectivity index (χ1n) is 5.59. The van der Waals surface area contributed by atoms with Crippen LogP contribution in [0.5, 0.6) is 5.75 Å². The van der Waals surface area contributed by atoms with Gasteiger partial charge in [-0.1, -0.05) is 32.9 Å². The fourth-order valence-corrected chi connectivity index (χ4v) is 1.23. The van der Waals surface area contributed by atoms with Gasteiger partial charge in [-0.15, -0.1) is 0 Å². The van der Waals surface area contributed by atoms with Crippen LogP contribution in [-0.2, 0) is 0 Å². The third kappa shape index (κ3) is 3.09. The zero-order chi connectivity index (χ0) is 12.3. The molecule has 88 valence electrons. The van der Waals surface area contributed by atoms with Crippen LogP contribution in [-0.4, -0.2) is 11.9 Å². The third-order valence-electron chi connectivity index (χ3n) is 2.79. The second kappa shape index (κ2) is 4.69. The molecule has 0 saturated heterocycles. The third-order valence-corrected chi connectivity index (χ3v) is 2.79. The molecule has 0 aliphatic heterocycles. The number of ether oxygens (including phenoxy) is 1. The number of carbonyl (C=O) groups is 1. The zero-order valence-electron chi connectivity index (χ0n) is 10.7. The molecule has 0 heterocycles. The van der Waals surface area contributed by atoms with Crippen molar-refractivity contribution < 1.29 is 9.53 Å². The molecule has 0 spiro atoms. The lowest BCUT2D eigenvalue weighted by molar-refractivity contribution is 0.0944. The Labute approximate surface area is 97.6 Å². The number of benzene rings is 1. The number of rotatable bonds is 3. The predicted octanol–water partition coefficient (Wildman–Crippen LogP) is 3.70. The molecule has 0 bridgehead atoms. The molecule has 1 rings (SSSR count). The van der Waals surface area contributed by atoms with Gasteiger partial charge < -0.3 is 4.74 Å². The summed E-state index contributed by atoms with van der Waals surface area (Å²) in [7, 11) is 0. The van der Waals surface area contributed by atoms with Crippen molar-refractivity contribution in [2.45, 2.75) is 40.7 Å². The van der Waals surface area contributed by atoms with Gasteiger partial charge in [0.25, 0.3) is 0 Å². The molecule has 0 aromatic heterocycles. The van der Waals surface area contributed by atoms with E-state index in [1.165, 1.54) is 0 Å². The Morgan fingerprint density at radius 1 is 1.25 bits per heavy atom. The first kappa shape index (κ1) is 12.8. The molecule has 16 heavy (non-hydrogen) atoms. The van der Waals surface area contributed by atoms with Gasteiger partial charge in [-0.05, 0) is 31.4 Å². The fourth-order valence-electron chi connectivity index (χ4n) is 1.23. The maximum Gasteiger partial charge on any atom is 0.163 e. The van der Waals surface area contributed by atoms with E-state index in [1.54, 1.807) is 13.0 Å². The largest absolute Gasteiger partial charge is 0.489 e. The van der Waals surface area contributed by atoms with Crippen LogP contribution in [0.1, 0.15) is 45.0 Å². The van der Waals surface area contributed by atoms with Crippen LogP contribution < -0.4 is 4.74 Å². The Bertz CT molecular complexity index is 375. The maximum atomic E-state index is 11.4. The van der Waals surface area contributed by atoms with E-state index in [0.29, 0.717) is 11.3 Å². The van der Waals surface area contributed by atoms with Crippen LogP contribution in [0.4, 0.5) is 0 Å². The van der Waals surface area contributed by atoms with Crippen molar-refractivity contribution in [2.24, 2.45) is 5.41 Å². The van der Waals surface area contributed by atoms with E-state index in [2.05, 4.69) is 20.8 Å². The quantitative estimate of drug-likeness (QED) is 0.726. The molecule has 0 aliphatic rings. The van der Waals surface area contributed by atoms with E-state index in [-0.39, 0.29) is 17.3 Å². The average molecular weight is 220 g/mol. The minimum absolute atomic E-state index is 0.0386. The van der Waals surface area contributed by atoms with Gasteiger partial charge in [-0.25, -0.2) is 0 Å². The van der Waals surface area contributed by atoms with Crippen LogP contribution in [0.3, 0.4) is 0 Å². The lowest BCUT2D eigenvalue weighted by Crippen LogP contribution is -2.29. The Kier molecular flexibility index (Phi) is 3.74. The summed E-state index contributed by atoms with van der Waals surface area (Å²) in [6.45, 7) is 9.94. The van der Waals surface area contributed by atoms with Crippen LogP contribution >= 0.6 is 0 Å². The predicted molar refractivity (Wildman–Crippen MR) is 66.0 cm³/mol. The van der Waals surface area contributed by atoms with E-state index >= 15 is 0 Å². The number of para-hydroxylation sites is 1. The molecule has 2 heteroatoms. The standard InChI is InChI=1S/C14H20O2/c1-10(15)12-8-6-7-9-13(12)16-11(2)14(3,4)5/h6-9,11H,1-5H3. The molecule has 0 amide bonds. The Morgan fingerprint density at radius 3 is 2.31 bits per heavy atom. The molecule has 1 unspecified atom stereocenters. The summed E-state index contributed by atoms with van der Waals surface area (Å²) in [5.74, 6) is 0.717. The maximum absolute atomic E-state index is 11.4. The highest BCUT2D eigenvalue weighted by Gasteiger charge is 2.22. The lowest BCUT2D eigenvalue weighted by atomic mass is 9.90. The number of ketones is 1. The normalized spacial score (nSPS) is 13.3. The van der Waals surface area contributed by atoms with Gasteiger partial charge in [0.1, 0.15) is 11.9 Å². The fraction of sp³-hybridized carbons (Fsp3) is 0.500. The number of carbonyl (C=O) groups excluding carboxylic acids is 1. The van der Waals surface area contributed by atoms with E-state index in [1.807, 2.05) is 25.1 Å². The molecule has 0 radical (unpaired) electrons. The SMILES string of the molecule is CC(=O)c1ccccc1OC(C)C(C)(C)C. The molecule has 0 aliphatic carbocycles. The summed E-state index contributed by atoms with van der Waals surface area (Å²) in [4.78, 5) is 11.4. The topological polar surface area (TPSA) is 26.3 Å². The van der Waals surface area contributed by atoms with Crippen molar-refractivity contribution in [3.8, 4) is 5.75 Å². The lowest BCUT2D eigenvalue weighted by Gasteiger charge is -2.28. The summed E-state index contributed by atoms with van der Waals surface area (Å²) in [5.41, 5.74) is 0.711. The minimum Gasteiger partial charge on any atom is -0.489 e. The van der Waals surface area contributed by atoms with Crippen molar-refractivity contribution in [2.75, 3.05) is 0 Å². The van der Waals surface area contributed by atoms with Crippen molar-refractivity contribution in [3.63, 3.8) is 0 Å². The van der Waals surface area contributed by atoms with E-state index in [0.717, 1.165) is 0 Å². The van der Waals surface area contributed by atoms with Gasteiger partial charge in [-0.3, -0.25) is 4.79 Å². The van der Waals surface area contributed by atoms with Gasteiger partial charge in [0.2, 0.25) is 0 Å². The van der Waals surface area contributed by atoms with E-state index < -0.39 is 0 Å². The summed E-state index contributed by atoms with van der Waals surface area (Å²) < 4.78 is 5.85. The highest BCUT2D eigenvalue weighted by molar-refractivity contribution is 5.96. The van der Waals surface area contributed by atoms with Crippen LogP contribution in [0.15, 0.2) is 24.3 Å². The molecule has 0 saturated carbocycles. The first-order chi connectivity index (χ1) is 7.32. The molecule has 0 N–H and O–H groups in total. The smallest absolute Gasteiger partial charge is 0.163 e. The van der Waals surface area contributed by atoms with Gasteiger partial charge in [0.05, 0.1) is 5.56 Å². The number of hydrogen-bond acceptors (Lipinski definition) is 2. The van der Waals surface area contributed by atoms with Crippen molar-refractivity contribution in [1.82, 2.24) is 0 Å². The summed E-state index contributed by atoms with van der Waals surface area (Å²) in [6.07, 6.45) is 0.0630. The van der Waals surface area contributed by atoms with Gasteiger partial charge >= 0.3 is 0 Å². The number of hydrogen-bond donors (Lipinski definition) is 0. The molecular formula is C14H20O2.